The van der Waals surface area contributed by atoms with Crippen molar-refractivity contribution < 1.29 is 13.2 Å². The molecule has 0 saturated carbocycles. The highest BCUT2D eigenvalue weighted by Gasteiger charge is 2.39. The quantitative estimate of drug-likeness (QED) is 0.804. The van der Waals surface area contributed by atoms with Crippen molar-refractivity contribution in [3.05, 3.63) is 28.8 Å². The van der Waals surface area contributed by atoms with Crippen molar-refractivity contribution in [3.8, 4) is 0 Å². The zero-order chi connectivity index (χ0) is 14.3. The van der Waals surface area contributed by atoms with E-state index in [1.54, 1.807) is 19.1 Å². The molecule has 19 heavy (non-hydrogen) atoms. The van der Waals surface area contributed by atoms with Crippen molar-refractivity contribution in [3.63, 3.8) is 0 Å². The predicted molar refractivity (Wildman–Crippen MR) is 75.0 cm³/mol. The van der Waals surface area contributed by atoms with Gasteiger partial charge in [0.25, 0.3) is 5.91 Å². The molecule has 1 fully saturated rings. The summed E-state index contributed by atoms with van der Waals surface area (Å²) in [5, 5.41) is 3.03. The third-order valence-electron chi connectivity index (χ3n) is 3.15. The van der Waals surface area contributed by atoms with Gasteiger partial charge in [-0.15, -0.1) is 0 Å². The number of halogens is 1. The highest BCUT2D eigenvalue weighted by molar-refractivity contribution is 7.91. The van der Waals surface area contributed by atoms with E-state index in [-0.39, 0.29) is 22.1 Å². The Morgan fingerprint density at radius 3 is 2.74 bits per heavy atom. The van der Waals surface area contributed by atoms with Gasteiger partial charge in [0.05, 0.1) is 27.6 Å². The van der Waals surface area contributed by atoms with Crippen LogP contribution in [0.15, 0.2) is 18.2 Å². The lowest BCUT2D eigenvalue weighted by atomic mass is 10.0. The van der Waals surface area contributed by atoms with Crippen LogP contribution in [0.5, 0.6) is 0 Å². The Kier molecular flexibility index (Phi) is 3.49. The van der Waals surface area contributed by atoms with E-state index in [1.807, 2.05) is 0 Å². The first kappa shape index (κ1) is 14.1. The van der Waals surface area contributed by atoms with E-state index in [1.165, 1.54) is 6.07 Å². The molecule has 1 heterocycles. The van der Waals surface area contributed by atoms with Gasteiger partial charge in [0.1, 0.15) is 0 Å². The zero-order valence-corrected chi connectivity index (χ0v) is 12.0. The number of nitrogen functional groups attached to an aromatic ring is 1. The lowest BCUT2D eigenvalue weighted by Gasteiger charge is -2.24. The highest BCUT2D eigenvalue weighted by Crippen LogP contribution is 2.25. The molecule has 1 aliphatic rings. The summed E-state index contributed by atoms with van der Waals surface area (Å²) in [5.74, 6) is -0.364. The first-order valence-electron chi connectivity index (χ1n) is 5.79. The van der Waals surface area contributed by atoms with Crippen molar-refractivity contribution >= 4 is 33.0 Å². The van der Waals surface area contributed by atoms with Gasteiger partial charge in [-0.3, -0.25) is 4.79 Å². The van der Waals surface area contributed by atoms with Gasteiger partial charge < -0.3 is 11.1 Å². The van der Waals surface area contributed by atoms with Crippen molar-refractivity contribution in [2.45, 2.75) is 18.9 Å². The molecule has 1 saturated heterocycles. The van der Waals surface area contributed by atoms with Gasteiger partial charge in [-0.2, -0.15) is 0 Å². The summed E-state index contributed by atoms with van der Waals surface area (Å²) < 4.78 is 23.0. The first-order valence-corrected chi connectivity index (χ1v) is 7.99. The number of nitrogens with two attached hydrogens (primary N) is 1. The Bertz CT molecular complexity index is 630. The normalized spacial score (nSPS) is 25.2. The molecule has 1 amide bonds. The van der Waals surface area contributed by atoms with Gasteiger partial charge in [-0.25, -0.2) is 8.42 Å². The van der Waals surface area contributed by atoms with Crippen molar-refractivity contribution in [1.29, 1.82) is 0 Å². The Balaban J connectivity index is 2.20. The molecule has 0 aliphatic carbocycles. The molecular weight excluding hydrogens is 288 g/mol. The van der Waals surface area contributed by atoms with Crippen LogP contribution in [0.3, 0.4) is 0 Å². The Hall–Kier alpha value is -1.27. The summed E-state index contributed by atoms with van der Waals surface area (Å²) in [6.45, 7) is 1.72. The summed E-state index contributed by atoms with van der Waals surface area (Å²) in [5.41, 5.74) is 5.55. The molecule has 1 unspecified atom stereocenters. The SMILES string of the molecule is CC1(NC(=O)c2cc(N)ccc2Cl)CCS(=O)(=O)C1. The van der Waals surface area contributed by atoms with E-state index in [9.17, 15) is 13.2 Å². The maximum atomic E-state index is 12.1. The van der Waals surface area contributed by atoms with E-state index in [4.69, 9.17) is 17.3 Å². The molecular formula is C12H15ClN2O3S. The number of rotatable bonds is 2. The van der Waals surface area contributed by atoms with Gasteiger partial charge in [0.15, 0.2) is 9.84 Å². The molecule has 104 valence electrons. The van der Waals surface area contributed by atoms with Crippen LogP contribution in [-0.4, -0.2) is 31.4 Å². The molecule has 0 radical (unpaired) electrons. The molecule has 3 N–H and O–H groups in total. The van der Waals surface area contributed by atoms with E-state index < -0.39 is 21.3 Å². The summed E-state index contributed by atoms with van der Waals surface area (Å²) >= 11 is 5.94. The number of carbonyl (C=O) groups excluding carboxylic acids is 1. The van der Waals surface area contributed by atoms with Crippen LogP contribution in [0.2, 0.25) is 5.02 Å². The zero-order valence-electron chi connectivity index (χ0n) is 10.4. The van der Waals surface area contributed by atoms with Gasteiger partial charge in [0, 0.05) is 5.69 Å². The minimum absolute atomic E-state index is 0.0499. The second-order valence-electron chi connectivity index (χ2n) is 5.10. The first-order chi connectivity index (χ1) is 8.71. The lowest BCUT2D eigenvalue weighted by molar-refractivity contribution is 0.0915. The molecule has 1 aliphatic heterocycles. The number of nitrogens with one attached hydrogen (secondary N) is 1. The summed E-state index contributed by atoms with van der Waals surface area (Å²) in [7, 11) is -3.07. The Morgan fingerprint density at radius 1 is 1.47 bits per heavy atom. The average molecular weight is 303 g/mol. The smallest absolute Gasteiger partial charge is 0.253 e. The topological polar surface area (TPSA) is 89.3 Å². The Morgan fingerprint density at radius 2 is 2.16 bits per heavy atom. The number of carbonyl (C=O) groups is 1. The maximum Gasteiger partial charge on any atom is 0.253 e. The molecule has 1 aromatic carbocycles. The monoisotopic (exact) mass is 302 g/mol. The van der Waals surface area contributed by atoms with Crippen LogP contribution < -0.4 is 11.1 Å². The van der Waals surface area contributed by atoms with Crippen LogP contribution in [0.4, 0.5) is 5.69 Å². The number of hydrogen-bond acceptors (Lipinski definition) is 4. The van der Waals surface area contributed by atoms with Crippen LogP contribution in [0.25, 0.3) is 0 Å². The minimum Gasteiger partial charge on any atom is -0.399 e. The fourth-order valence-corrected chi connectivity index (χ4v) is 4.46. The number of hydrogen-bond donors (Lipinski definition) is 2. The van der Waals surface area contributed by atoms with Crippen molar-refractivity contribution in [2.24, 2.45) is 0 Å². The standard InChI is InChI=1S/C12H15ClN2O3S/c1-12(4-5-19(17,18)7-12)15-11(16)9-6-8(14)2-3-10(9)13/h2-3,6H,4-5,7,14H2,1H3,(H,15,16). The lowest BCUT2D eigenvalue weighted by Crippen LogP contribution is -2.47. The van der Waals surface area contributed by atoms with Gasteiger partial charge in [-0.05, 0) is 31.5 Å². The number of sulfone groups is 1. The second kappa shape index (κ2) is 4.68. The molecule has 1 atom stereocenters. The summed E-state index contributed by atoms with van der Waals surface area (Å²) in [6, 6.07) is 4.62. The number of anilines is 1. The molecule has 5 nitrogen and oxygen atoms in total. The van der Waals surface area contributed by atoms with E-state index in [0.717, 1.165) is 0 Å². The molecule has 0 aromatic heterocycles. The minimum atomic E-state index is -3.07. The summed E-state index contributed by atoms with van der Waals surface area (Å²) in [6.07, 6.45) is 0.404. The third-order valence-corrected chi connectivity index (χ3v) is 5.39. The molecule has 7 heteroatoms. The summed E-state index contributed by atoms with van der Waals surface area (Å²) in [4.78, 5) is 12.1. The van der Waals surface area contributed by atoms with E-state index in [2.05, 4.69) is 5.32 Å². The van der Waals surface area contributed by atoms with Crippen LogP contribution in [0.1, 0.15) is 23.7 Å². The van der Waals surface area contributed by atoms with Crippen LogP contribution in [-0.2, 0) is 9.84 Å². The predicted octanol–water partition coefficient (Wildman–Crippen LogP) is 1.23. The number of benzene rings is 1. The van der Waals surface area contributed by atoms with Crippen molar-refractivity contribution in [1.82, 2.24) is 5.32 Å². The number of amides is 1. The van der Waals surface area contributed by atoms with Gasteiger partial charge in [-0.1, -0.05) is 11.6 Å². The Labute approximate surface area is 117 Å². The van der Waals surface area contributed by atoms with Crippen LogP contribution in [0, 0.1) is 0 Å². The molecule has 1 aromatic rings. The third kappa shape index (κ3) is 3.19. The van der Waals surface area contributed by atoms with Crippen molar-refractivity contribution in [2.75, 3.05) is 17.2 Å². The fraction of sp³-hybridized carbons (Fsp3) is 0.417. The van der Waals surface area contributed by atoms with Gasteiger partial charge >= 0.3 is 0 Å². The maximum absolute atomic E-state index is 12.1. The molecule has 2 rings (SSSR count). The largest absolute Gasteiger partial charge is 0.399 e. The fourth-order valence-electron chi connectivity index (χ4n) is 2.17. The van der Waals surface area contributed by atoms with E-state index >= 15 is 0 Å². The highest BCUT2D eigenvalue weighted by atomic mass is 35.5. The average Bonchev–Trinajstić information content (AvgIpc) is 2.56. The van der Waals surface area contributed by atoms with Gasteiger partial charge in [0.2, 0.25) is 0 Å². The second-order valence-corrected chi connectivity index (χ2v) is 7.69. The van der Waals surface area contributed by atoms with E-state index in [0.29, 0.717) is 12.1 Å². The molecule has 0 bridgehead atoms. The molecule has 0 spiro atoms. The van der Waals surface area contributed by atoms with Crippen LogP contribution >= 0.6 is 11.6 Å².